The van der Waals surface area contributed by atoms with Crippen molar-refractivity contribution in [2.75, 3.05) is 19.8 Å². The van der Waals surface area contributed by atoms with Gasteiger partial charge in [0.2, 0.25) is 0 Å². The van der Waals surface area contributed by atoms with Crippen molar-refractivity contribution in [3.05, 3.63) is 35.1 Å². The maximum Gasteiger partial charge on any atom is 0.133 e. The fourth-order valence-corrected chi connectivity index (χ4v) is 1.79. The summed E-state index contributed by atoms with van der Waals surface area (Å²) in [7, 11) is 0. The van der Waals surface area contributed by atoms with E-state index in [4.69, 9.17) is 4.74 Å². The molecule has 1 atom stereocenters. The summed E-state index contributed by atoms with van der Waals surface area (Å²) in [6.45, 7) is 5.19. The molecule has 2 nitrogen and oxygen atoms in total. The molecule has 0 saturated carbocycles. The van der Waals surface area contributed by atoms with Crippen molar-refractivity contribution in [2.45, 2.75) is 32.7 Å². The first-order valence-electron chi connectivity index (χ1n) is 6.55. The lowest BCUT2D eigenvalue weighted by Gasteiger charge is -2.20. The highest BCUT2D eigenvalue weighted by molar-refractivity contribution is 5.24. The molecule has 0 amide bonds. The number of halogens is 3. The molecular formula is C14H20F3NO. The molecule has 19 heavy (non-hydrogen) atoms. The molecule has 1 aromatic rings. The van der Waals surface area contributed by atoms with Crippen molar-refractivity contribution in [3.8, 4) is 0 Å². The number of hydrogen-bond donors (Lipinski definition) is 1. The third kappa shape index (κ3) is 4.84. The van der Waals surface area contributed by atoms with Gasteiger partial charge in [0, 0.05) is 24.3 Å². The van der Waals surface area contributed by atoms with Crippen LogP contribution in [0, 0.1) is 17.5 Å². The highest BCUT2D eigenvalue weighted by atomic mass is 19.1. The molecule has 0 aliphatic carbocycles. The van der Waals surface area contributed by atoms with Crippen LogP contribution in [0.3, 0.4) is 0 Å². The van der Waals surface area contributed by atoms with Gasteiger partial charge >= 0.3 is 0 Å². The average molecular weight is 275 g/mol. The highest BCUT2D eigenvalue weighted by Gasteiger charge is 2.21. The van der Waals surface area contributed by atoms with Gasteiger partial charge in [0.1, 0.15) is 17.5 Å². The SMILES string of the molecule is CCCNC(COCCC)c1c(F)cc(F)cc1F. The Kier molecular flexibility index (Phi) is 6.87. The van der Waals surface area contributed by atoms with Crippen LogP contribution in [0.2, 0.25) is 0 Å². The van der Waals surface area contributed by atoms with Gasteiger partial charge in [-0.1, -0.05) is 13.8 Å². The van der Waals surface area contributed by atoms with Crippen molar-refractivity contribution in [1.82, 2.24) is 5.32 Å². The van der Waals surface area contributed by atoms with E-state index in [-0.39, 0.29) is 12.2 Å². The van der Waals surface area contributed by atoms with Crippen molar-refractivity contribution in [2.24, 2.45) is 0 Å². The minimum Gasteiger partial charge on any atom is -0.379 e. The number of benzene rings is 1. The van der Waals surface area contributed by atoms with Crippen LogP contribution < -0.4 is 5.32 Å². The van der Waals surface area contributed by atoms with Crippen LogP contribution in [-0.4, -0.2) is 19.8 Å². The molecule has 0 aromatic heterocycles. The first-order valence-corrected chi connectivity index (χ1v) is 6.55. The monoisotopic (exact) mass is 275 g/mol. The van der Waals surface area contributed by atoms with Crippen LogP contribution in [0.5, 0.6) is 0 Å². The molecule has 108 valence electrons. The predicted molar refractivity (Wildman–Crippen MR) is 68.5 cm³/mol. The van der Waals surface area contributed by atoms with E-state index in [1.54, 1.807) is 0 Å². The Balaban J connectivity index is 2.89. The van der Waals surface area contributed by atoms with Gasteiger partial charge in [0.15, 0.2) is 0 Å². The lowest BCUT2D eigenvalue weighted by molar-refractivity contribution is 0.110. The molecule has 0 fully saturated rings. The zero-order chi connectivity index (χ0) is 14.3. The van der Waals surface area contributed by atoms with Gasteiger partial charge in [0.25, 0.3) is 0 Å². The number of ether oxygens (including phenoxy) is 1. The Hall–Kier alpha value is -1.07. The molecule has 5 heteroatoms. The highest BCUT2D eigenvalue weighted by Crippen LogP contribution is 2.22. The van der Waals surface area contributed by atoms with Crippen LogP contribution in [0.4, 0.5) is 13.2 Å². The lowest BCUT2D eigenvalue weighted by Crippen LogP contribution is -2.28. The van der Waals surface area contributed by atoms with E-state index in [0.29, 0.717) is 25.3 Å². The Morgan fingerprint density at radius 2 is 1.74 bits per heavy atom. The Morgan fingerprint density at radius 1 is 1.11 bits per heavy atom. The minimum atomic E-state index is -0.914. The third-order valence-electron chi connectivity index (χ3n) is 2.67. The topological polar surface area (TPSA) is 21.3 Å². The molecular weight excluding hydrogens is 255 g/mol. The molecule has 0 bridgehead atoms. The van der Waals surface area contributed by atoms with Crippen LogP contribution in [0.25, 0.3) is 0 Å². The number of hydrogen-bond acceptors (Lipinski definition) is 2. The number of nitrogens with one attached hydrogen (secondary N) is 1. The summed E-state index contributed by atoms with van der Waals surface area (Å²) in [5, 5.41) is 3.02. The maximum atomic E-state index is 13.7. The molecule has 1 unspecified atom stereocenters. The van der Waals surface area contributed by atoms with Gasteiger partial charge in [-0.2, -0.15) is 0 Å². The average Bonchev–Trinajstić information content (AvgIpc) is 2.34. The quantitative estimate of drug-likeness (QED) is 0.732. The summed E-state index contributed by atoms with van der Waals surface area (Å²) in [5.41, 5.74) is -0.161. The van der Waals surface area contributed by atoms with Crippen LogP contribution in [-0.2, 0) is 4.74 Å². The molecule has 0 heterocycles. The predicted octanol–water partition coefficient (Wildman–Crippen LogP) is 3.57. The molecule has 1 aromatic carbocycles. The fraction of sp³-hybridized carbons (Fsp3) is 0.571. The van der Waals surface area contributed by atoms with Gasteiger partial charge in [-0.3, -0.25) is 0 Å². The first kappa shape index (κ1) is 16.0. The van der Waals surface area contributed by atoms with Crippen LogP contribution >= 0.6 is 0 Å². The number of rotatable bonds is 8. The fourth-order valence-electron chi connectivity index (χ4n) is 1.79. The molecule has 1 N–H and O–H groups in total. The van der Waals surface area contributed by atoms with Crippen molar-refractivity contribution in [3.63, 3.8) is 0 Å². The van der Waals surface area contributed by atoms with Crippen molar-refractivity contribution < 1.29 is 17.9 Å². The third-order valence-corrected chi connectivity index (χ3v) is 2.67. The molecule has 0 aliphatic rings. The molecule has 0 spiro atoms. The Morgan fingerprint density at radius 3 is 2.26 bits per heavy atom. The van der Waals surface area contributed by atoms with Gasteiger partial charge in [-0.05, 0) is 19.4 Å². The van der Waals surface area contributed by atoms with Crippen molar-refractivity contribution in [1.29, 1.82) is 0 Å². The molecule has 0 aliphatic heterocycles. The summed E-state index contributed by atoms with van der Waals surface area (Å²) in [5.74, 6) is -2.68. The van der Waals surface area contributed by atoms with E-state index in [1.807, 2.05) is 13.8 Å². The second-order valence-corrected chi connectivity index (χ2v) is 4.36. The zero-order valence-corrected chi connectivity index (χ0v) is 11.3. The van der Waals surface area contributed by atoms with E-state index >= 15 is 0 Å². The normalized spacial score (nSPS) is 12.7. The first-order chi connectivity index (χ1) is 9.10. The summed E-state index contributed by atoms with van der Waals surface area (Å²) in [4.78, 5) is 0. The van der Waals surface area contributed by atoms with Crippen LogP contribution in [0.15, 0.2) is 12.1 Å². The Bertz CT molecular complexity index is 375. The minimum absolute atomic E-state index is 0.160. The standard InChI is InChI=1S/C14H20F3NO/c1-3-5-18-13(9-19-6-4-2)14-11(16)7-10(15)8-12(14)17/h7-8,13,18H,3-6,9H2,1-2H3. The van der Waals surface area contributed by atoms with E-state index in [0.717, 1.165) is 12.8 Å². The summed E-state index contributed by atoms with van der Waals surface area (Å²) in [6, 6.07) is 0.782. The zero-order valence-electron chi connectivity index (χ0n) is 11.3. The second kappa shape index (κ2) is 8.17. The smallest absolute Gasteiger partial charge is 0.133 e. The van der Waals surface area contributed by atoms with E-state index in [9.17, 15) is 13.2 Å². The van der Waals surface area contributed by atoms with Gasteiger partial charge in [-0.15, -0.1) is 0 Å². The van der Waals surface area contributed by atoms with E-state index in [1.165, 1.54) is 0 Å². The molecule has 0 saturated heterocycles. The van der Waals surface area contributed by atoms with E-state index < -0.39 is 23.5 Å². The van der Waals surface area contributed by atoms with Gasteiger partial charge in [0.05, 0.1) is 12.6 Å². The summed E-state index contributed by atoms with van der Waals surface area (Å²) >= 11 is 0. The van der Waals surface area contributed by atoms with Crippen molar-refractivity contribution >= 4 is 0 Å². The maximum absolute atomic E-state index is 13.7. The largest absolute Gasteiger partial charge is 0.379 e. The lowest BCUT2D eigenvalue weighted by atomic mass is 10.1. The molecule has 1 rings (SSSR count). The second-order valence-electron chi connectivity index (χ2n) is 4.36. The van der Waals surface area contributed by atoms with Gasteiger partial charge < -0.3 is 10.1 Å². The summed E-state index contributed by atoms with van der Waals surface area (Å²) in [6.07, 6.45) is 1.66. The van der Waals surface area contributed by atoms with Gasteiger partial charge in [-0.25, -0.2) is 13.2 Å². The van der Waals surface area contributed by atoms with E-state index in [2.05, 4.69) is 5.32 Å². The summed E-state index contributed by atoms with van der Waals surface area (Å²) < 4.78 is 45.7. The Labute approximate surface area is 112 Å². The van der Waals surface area contributed by atoms with Crippen LogP contribution in [0.1, 0.15) is 38.3 Å². The molecule has 0 radical (unpaired) electrons.